The number of pyridine rings is 1. The van der Waals surface area contributed by atoms with Gasteiger partial charge in [0.15, 0.2) is 21.5 Å². The number of halogens is 4. The minimum absolute atomic E-state index is 0.192. The molecule has 17 heteroatoms. The van der Waals surface area contributed by atoms with Crippen LogP contribution >= 0.6 is 0 Å². The first-order chi connectivity index (χ1) is 17.7. The van der Waals surface area contributed by atoms with Crippen LogP contribution in [0.15, 0.2) is 30.7 Å². The predicted octanol–water partition coefficient (Wildman–Crippen LogP) is -0.901. The molecule has 3 atom stereocenters. The third-order valence-electron chi connectivity index (χ3n) is 5.96. The van der Waals surface area contributed by atoms with Crippen LogP contribution in [0.5, 0.6) is 5.88 Å². The Hall–Kier alpha value is -3.88. The Balaban J connectivity index is 1.63. The van der Waals surface area contributed by atoms with Gasteiger partial charge in [-0.1, -0.05) is 0 Å². The van der Waals surface area contributed by atoms with Gasteiger partial charge in [-0.3, -0.25) is 9.59 Å². The number of hydrogen-bond acceptors (Lipinski definition) is 8. The number of nitrogens with zero attached hydrogens (tertiary/aromatic N) is 5. The average Bonchev–Trinajstić information content (AvgIpc) is 3.41. The van der Waals surface area contributed by atoms with E-state index in [2.05, 4.69) is 20.4 Å². The quantitative estimate of drug-likeness (QED) is 0.209. The van der Waals surface area contributed by atoms with Gasteiger partial charge in [0, 0.05) is 18.3 Å². The van der Waals surface area contributed by atoms with Gasteiger partial charge in [-0.15, -0.1) is 0 Å². The van der Waals surface area contributed by atoms with E-state index in [-0.39, 0.29) is 17.3 Å². The van der Waals surface area contributed by atoms with Crippen LogP contribution in [0.2, 0.25) is 0 Å². The lowest BCUT2D eigenvalue weighted by molar-refractivity contribution is -0.185. The minimum Gasteiger partial charge on any atom is -0.463 e. The van der Waals surface area contributed by atoms with E-state index in [1.54, 1.807) is 12.1 Å². The van der Waals surface area contributed by atoms with Crippen molar-refractivity contribution in [1.82, 2.24) is 29.8 Å². The molecule has 0 radical (unpaired) electrons. The number of aliphatic hydroxyl groups is 1. The van der Waals surface area contributed by atoms with Crippen LogP contribution in [0.1, 0.15) is 17.3 Å². The van der Waals surface area contributed by atoms with E-state index >= 15 is 0 Å². The molecule has 1 aliphatic heterocycles. The summed E-state index contributed by atoms with van der Waals surface area (Å²) in [5, 5.41) is 16.7. The number of carbonyl (C=O) groups excluding carboxylic acids is 2. The summed E-state index contributed by atoms with van der Waals surface area (Å²) in [5.41, 5.74) is 5.30. The first-order valence-corrected chi connectivity index (χ1v) is 11.5. The topological polar surface area (TPSA) is 148 Å². The normalized spacial score (nSPS) is 18.9. The first-order valence-electron chi connectivity index (χ1n) is 11.5. The molecule has 200 valence electrons. The lowest BCUT2D eigenvalue weighted by Crippen LogP contribution is -2.44. The maximum absolute atomic E-state index is 14.7. The Labute approximate surface area is 215 Å². The number of rotatable bonds is 6. The number of alkyl halides is 4. The molecule has 4 rings (SSSR count). The van der Waals surface area contributed by atoms with E-state index in [4.69, 9.17) is 10.5 Å². The van der Waals surface area contributed by atoms with Crippen molar-refractivity contribution in [3.8, 4) is 17.1 Å². The Morgan fingerprint density at radius 2 is 1.97 bits per heavy atom. The highest BCUT2D eigenvalue weighted by Gasteiger charge is 2.46. The van der Waals surface area contributed by atoms with Gasteiger partial charge in [-0.25, -0.2) is 18.9 Å². The summed E-state index contributed by atoms with van der Waals surface area (Å²) < 4.78 is 60.5. The van der Waals surface area contributed by atoms with E-state index in [1.165, 1.54) is 38.8 Å². The van der Waals surface area contributed by atoms with Gasteiger partial charge in [0.2, 0.25) is 11.8 Å². The molecule has 4 N–H and O–H groups in total. The number of carbonyl (C=O) groups is 2. The summed E-state index contributed by atoms with van der Waals surface area (Å²) >= 11 is 0. The van der Waals surface area contributed by atoms with Gasteiger partial charge in [-0.2, -0.15) is 18.3 Å². The molecule has 3 aromatic rings. The summed E-state index contributed by atoms with van der Waals surface area (Å²) in [6.45, 7) is -0.365. The van der Waals surface area contributed by atoms with Crippen LogP contribution in [-0.2, 0) is 4.79 Å². The van der Waals surface area contributed by atoms with E-state index in [9.17, 15) is 32.3 Å². The molecule has 0 bridgehead atoms. The maximum atomic E-state index is 14.7. The highest BCUT2D eigenvalue weighted by Crippen LogP contribution is 2.30. The second-order valence-corrected chi connectivity index (χ2v) is 9.39. The molecule has 1 fully saturated rings. The summed E-state index contributed by atoms with van der Waals surface area (Å²) in [7, 11) is 2.62. The third kappa shape index (κ3) is 5.51. The molecule has 2 unspecified atom stereocenters. The van der Waals surface area contributed by atoms with Gasteiger partial charge >= 0.3 is 6.18 Å². The van der Waals surface area contributed by atoms with Crippen molar-refractivity contribution >= 4 is 38.8 Å². The lowest BCUT2D eigenvalue weighted by Gasteiger charge is -2.23. The highest BCUT2D eigenvalue weighted by molar-refractivity contribution is 6.37. The van der Waals surface area contributed by atoms with Crippen molar-refractivity contribution in [2.24, 2.45) is 5.92 Å². The summed E-state index contributed by atoms with van der Waals surface area (Å²) in [4.78, 5) is 34.2. The number of anilines is 1. The number of likely N-dealkylation sites (tertiary alicyclic amines) is 1. The highest BCUT2D eigenvalue weighted by atomic mass is 19.4. The SMILES string of the molecule is BC(B)(O)Oc1ncc(-c2ccc3c(N)ncnn23)cc1C(=O)N[C@@H]1CN(C(=O)C(C)C(F)(F)F)CC1F. The Bertz CT molecular complexity index is 1380. The van der Waals surface area contributed by atoms with E-state index in [0.29, 0.717) is 23.7 Å². The minimum atomic E-state index is -4.78. The number of nitrogens with one attached hydrogen (secondary N) is 1. The van der Waals surface area contributed by atoms with Gasteiger partial charge in [0.1, 0.15) is 35.1 Å². The van der Waals surface area contributed by atoms with E-state index in [0.717, 1.165) is 4.90 Å². The predicted molar refractivity (Wildman–Crippen MR) is 131 cm³/mol. The van der Waals surface area contributed by atoms with Crippen molar-refractivity contribution in [2.75, 3.05) is 18.8 Å². The van der Waals surface area contributed by atoms with Crippen LogP contribution < -0.4 is 15.8 Å². The molecule has 1 saturated heterocycles. The van der Waals surface area contributed by atoms with Crippen molar-refractivity contribution in [1.29, 1.82) is 0 Å². The summed E-state index contributed by atoms with van der Waals surface area (Å²) in [5.74, 6) is -4.53. The van der Waals surface area contributed by atoms with Crippen molar-refractivity contribution in [3.63, 3.8) is 0 Å². The van der Waals surface area contributed by atoms with Crippen LogP contribution in [0.25, 0.3) is 16.8 Å². The number of nitrogens with two attached hydrogens (primary N) is 1. The van der Waals surface area contributed by atoms with Crippen molar-refractivity contribution in [2.45, 2.75) is 30.9 Å². The number of aromatic nitrogens is 4. The summed E-state index contributed by atoms with van der Waals surface area (Å²) in [6, 6.07) is 3.41. The zero-order chi connectivity index (χ0) is 28.0. The molecule has 0 saturated carbocycles. The fraction of sp³-hybridized carbons (Fsp3) is 0.381. The molecular formula is C21H23B2F4N7O4. The number of fused-ring (bicyclic) bond motifs is 1. The molecule has 0 aliphatic carbocycles. The molecule has 0 aromatic carbocycles. The molecule has 3 aromatic heterocycles. The Morgan fingerprint density at radius 3 is 2.63 bits per heavy atom. The number of ether oxygens (including phenoxy) is 1. The standard InChI is InChI=1S/C21H23B2F4N7O4/c1-9(20(25,26)27)19(36)33-6-12(24)13(7-33)32-17(35)11-4-10(5-29-18(11)38-21(22,23)37)14-2-3-15-16(28)30-8-31-34(14)15/h2-5,8-9,12-13,37H,6-7,22-23H2,1H3,(H,32,35)(H2,28,30,31)/t9?,12?,13-/m1/s1. The second kappa shape index (κ2) is 9.78. The number of hydrogen-bond donors (Lipinski definition) is 3. The lowest BCUT2D eigenvalue weighted by atomic mass is 9.76. The maximum Gasteiger partial charge on any atom is 0.400 e. The van der Waals surface area contributed by atoms with Crippen LogP contribution in [0, 0.1) is 5.92 Å². The van der Waals surface area contributed by atoms with Crippen LogP contribution in [0.3, 0.4) is 0 Å². The molecular weight excluding hydrogens is 512 g/mol. The van der Waals surface area contributed by atoms with Gasteiger partial charge in [0.25, 0.3) is 5.91 Å². The third-order valence-corrected chi connectivity index (χ3v) is 5.96. The largest absolute Gasteiger partial charge is 0.463 e. The first kappa shape index (κ1) is 27.2. The molecule has 0 spiro atoms. The van der Waals surface area contributed by atoms with E-state index in [1.807, 2.05) is 0 Å². The van der Waals surface area contributed by atoms with E-state index < -0.39 is 54.8 Å². The van der Waals surface area contributed by atoms with Gasteiger partial charge < -0.3 is 25.8 Å². The van der Waals surface area contributed by atoms with Crippen LogP contribution in [0.4, 0.5) is 23.4 Å². The van der Waals surface area contributed by atoms with Crippen molar-refractivity contribution in [3.05, 3.63) is 36.3 Å². The molecule has 1 aliphatic rings. The second-order valence-electron chi connectivity index (χ2n) is 9.39. The van der Waals surface area contributed by atoms with Crippen LogP contribution in [-0.4, -0.2) is 94.2 Å². The molecule has 2 amide bonds. The zero-order valence-electron chi connectivity index (χ0n) is 20.5. The number of amides is 2. The summed E-state index contributed by atoms with van der Waals surface area (Å²) in [6.07, 6.45) is -3.98. The Morgan fingerprint density at radius 1 is 1.26 bits per heavy atom. The zero-order valence-corrected chi connectivity index (χ0v) is 20.5. The fourth-order valence-electron chi connectivity index (χ4n) is 3.98. The number of nitrogen functional groups attached to an aromatic ring is 1. The molecule has 4 heterocycles. The van der Waals surface area contributed by atoms with Gasteiger partial charge in [-0.05, 0) is 25.1 Å². The fourth-order valence-corrected chi connectivity index (χ4v) is 3.98. The molecule has 38 heavy (non-hydrogen) atoms. The molecule has 11 nitrogen and oxygen atoms in total. The van der Waals surface area contributed by atoms with Gasteiger partial charge in [0.05, 0.1) is 18.3 Å². The van der Waals surface area contributed by atoms with Crippen molar-refractivity contribution < 1.29 is 37.0 Å². The smallest absolute Gasteiger partial charge is 0.400 e. The monoisotopic (exact) mass is 535 g/mol. The Kier molecular flexibility index (Phi) is 6.99. The average molecular weight is 535 g/mol.